The average Bonchev–Trinajstić information content (AvgIpc) is 3.03. The average molecular weight is 456 g/mol. The van der Waals surface area contributed by atoms with Crippen molar-refractivity contribution in [1.29, 1.82) is 0 Å². The van der Waals surface area contributed by atoms with Crippen LogP contribution in [0.5, 0.6) is 5.75 Å². The van der Waals surface area contributed by atoms with Crippen molar-refractivity contribution in [3.63, 3.8) is 0 Å². The summed E-state index contributed by atoms with van der Waals surface area (Å²) in [5.74, 6) is -1.88. The van der Waals surface area contributed by atoms with E-state index in [0.29, 0.717) is 29.9 Å². The van der Waals surface area contributed by atoms with Crippen LogP contribution in [-0.4, -0.2) is 49.1 Å². The molecule has 1 atom stereocenters. The predicted octanol–water partition coefficient (Wildman–Crippen LogP) is 4.59. The van der Waals surface area contributed by atoms with Crippen LogP contribution < -0.4 is 4.74 Å². The van der Waals surface area contributed by atoms with Gasteiger partial charge in [-0.05, 0) is 47.2 Å². The summed E-state index contributed by atoms with van der Waals surface area (Å²) in [7, 11) is 3.03. The van der Waals surface area contributed by atoms with Crippen LogP contribution in [0.1, 0.15) is 49.9 Å². The van der Waals surface area contributed by atoms with E-state index < -0.39 is 23.5 Å². The number of methoxy groups -OCH3 is 2. The largest absolute Gasteiger partial charge is 0.507 e. The third-order valence-corrected chi connectivity index (χ3v) is 5.79. The molecule has 33 heavy (non-hydrogen) atoms. The number of rotatable bonds is 7. The van der Waals surface area contributed by atoms with Crippen LogP contribution in [0.4, 0.5) is 4.39 Å². The molecule has 0 saturated carbocycles. The molecule has 2 aromatic carbocycles. The van der Waals surface area contributed by atoms with Gasteiger partial charge in [-0.2, -0.15) is 0 Å². The van der Waals surface area contributed by atoms with E-state index in [9.17, 15) is 19.1 Å². The van der Waals surface area contributed by atoms with Gasteiger partial charge in [-0.25, -0.2) is 4.39 Å². The Labute approximate surface area is 193 Å². The summed E-state index contributed by atoms with van der Waals surface area (Å²) in [4.78, 5) is 27.5. The fourth-order valence-corrected chi connectivity index (χ4v) is 3.99. The van der Waals surface area contributed by atoms with E-state index in [-0.39, 0.29) is 23.3 Å². The molecule has 7 heteroatoms. The standard InChI is InChI=1S/C26H30FNO5/c1-26(2,3)17-9-12-20(33-5)19(15-17)23(29)21-22(16-7-10-18(27)11-8-16)28(13-6-14-32-4)25(31)24(21)30/h7-12,15,22,29H,6,13-14H2,1-5H3/b23-21+. The van der Waals surface area contributed by atoms with Gasteiger partial charge in [0.05, 0.1) is 24.3 Å². The molecule has 0 radical (unpaired) electrons. The van der Waals surface area contributed by atoms with Crippen LogP contribution >= 0.6 is 0 Å². The highest BCUT2D eigenvalue weighted by Gasteiger charge is 2.46. The molecule has 2 aromatic rings. The molecule has 1 N–H and O–H groups in total. The molecule has 1 amide bonds. The maximum absolute atomic E-state index is 13.6. The third kappa shape index (κ3) is 4.93. The number of aliphatic hydroxyl groups is 1. The SMILES string of the molecule is COCCCN1C(=O)C(=O)/C(=C(/O)c2cc(C(C)(C)C)ccc2OC)C1c1ccc(F)cc1. The first-order chi connectivity index (χ1) is 15.6. The number of carbonyl (C=O) groups is 2. The molecule has 0 bridgehead atoms. The van der Waals surface area contributed by atoms with Crippen molar-refractivity contribution < 1.29 is 28.6 Å². The molecule has 0 aliphatic carbocycles. The lowest BCUT2D eigenvalue weighted by molar-refractivity contribution is -0.140. The predicted molar refractivity (Wildman–Crippen MR) is 124 cm³/mol. The number of carbonyl (C=O) groups excluding carboxylic acids is 2. The first-order valence-corrected chi connectivity index (χ1v) is 10.8. The van der Waals surface area contributed by atoms with Crippen molar-refractivity contribution in [3.8, 4) is 5.75 Å². The van der Waals surface area contributed by atoms with E-state index >= 15 is 0 Å². The number of aliphatic hydroxyl groups excluding tert-OH is 1. The lowest BCUT2D eigenvalue weighted by Crippen LogP contribution is -2.31. The van der Waals surface area contributed by atoms with E-state index in [2.05, 4.69) is 0 Å². The Balaban J connectivity index is 2.21. The van der Waals surface area contributed by atoms with E-state index in [1.54, 1.807) is 19.2 Å². The number of halogens is 1. The fraction of sp³-hybridized carbons (Fsp3) is 0.385. The zero-order valence-electron chi connectivity index (χ0n) is 19.6. The highest BCUT2D eigenvalue weighted by atomic mass is 19.1. The zero-order valence-corrected chi connectivity index (χ0v) is 19.6. The molecule has 1 fully saturated rings. The van der Waals surface area contributed by atoms with Crippen molar-refractivity contribution in [1.82, 2.24) is 4.90 Å². The van der Waals surface area contributed by atoms with Crippen LogP contribution in [0.15, 0.2) is 48.0 Å². The van der Waals surface area contributed by atoms with Gasteiger partial charge >= 0.3 is 0 Å². The molecule has 1 aliphatic rings. The highest BCUT2D eigenvalue weighted by molar-refractivity contribution is 6.46. The Kier molecular flexibility index (Phi) is 7.22. The Bertz CT molecular complexity index is 1070. The number of nitrogens with zero attached hydrogens (tertiary/aromatic N) is 1. The number of likely N-dealkylation sites (tertiary alicyclic amines) is 1. The Hall–Kier alpha value is -3.19. The molecule has 3 rings (SSSR count). The van der Waals surface area contributed by atoms with E-state index in [0.717, 1.165) is 5.56 Å². The molecule has 1 saturated heterocycles. The summed E-state index contributed by atoms with van der Waals surface area (Å²) >= 11 is 0. The first-order valence-electron chi connectivity index (χ1n) is 10.8. The number of ketones is 1. The summed E-state index contributed by atoms with van der Waals surface area (Å²) in [5.41, 5.74) is 1.52. The van der Waals surface area contributed by atoms with Gasteiger partial charge in [-0.1, -0.05) is 39.0 Å². The second-order valence-corrected chi connectivity index (χ2v) is 9.06. The zero-order chi connectivity index (χ0) is 24.3. The molecule has 6 nitrogen and oxygen atoms in total. The minimum atomic E-state index is -0.856. The number of hydrogen-bond donors (Lipinski definition) is 1. The van der Waals surface area contributed by atoms with Gasteiger partial charge in [0, 0.05) is 20.3 Å². The molecular weight excluding hydrogens is 425 g/mol. The molecule has 1 aliphatic heterocycles. The lowest BCUT2D eigenvalue weighted by Gasteiger charge is -2.26. The van der Waals surface area contributed by atoms with Crippen LogP contribution in [0.3, 0.4) is 0 Å². The van der Waals surface area contributed by atoms with Crippen molar-refractivity contribution in [2.24, 2.45) is 0 Å². The van der Waals surface area contributed by atoms with Gasteiger partial charge in [0.2, 0.25) is 0 Å². The van der Waals surface area contributed by atoms with Gasteiger partial charge in [0.1, 0.15) is 17.3 Å². The molecule has 176 valence electrons. The van der Waals surface area contributed by atoms with Gasteiger partial charge in [0.15, 0.2) is 0 Å². The van der Waals surface area contributed by atoms with Crippen LogP contribution in [0.25, 0.3) is 5.76 Å². The number of ether oxygens (including phenoxy) is 2. The molecule has 0 spiro atoms. The Morgan fingerprint density at radius 2 is 1.76 bits per heavy atom. The number of hydrogen-bond acceptors (Lipinski definition) is 5. The first kappa shape index (κ1) is 24.5. The van der Waals surface area contributed by atoms with Gasteiger partial charge in [-0.3, -0.25) is 9.59 Å². The van der Waals surface area contributed by atoms with Crippen LogP contribution in [-0.2, 0) is 19.7 Å². The molecule has 1 heterocycles. The normalized spacial score (nSPS) is 18.1. The number of benzene rings is 2. The lowest BCUT2D eigenvalue weighted by atomic mass is 9.85. The van der Waals surface area contributed by atoms with Gasteiger partial charge < -0.3 is 19.5 Å². The van der Waals surface area contributed by atoms with E-state index in [1.165, 1.54) is 36.3 Å². The second kappa shape index (κ2) is 9.75. The van der Waals surface area contributed by atoms with Gasteiger partial charge in [-0.15, -0.1) is 0 Å². The quantitative estimate of drug-likeness (QED) is 0.286. The summed E-state index contributed by atoms with van der Waals surface area (Å²) in [6.07, 6.45) is 0.504. The smallest absolute Gasteiger partial charge is 0.295 e. The van der Waals surface area contributed by atoms with Gasteiger partial charge in [0.25, 0.3) is 11.7 Å². The van der Waals surface area contributed by atoms with Crippen LogP contribution in [0, 0.1) is 5.82 Å². The van der Waals surface area contributed by atoms with Crippen molar-refractivity contribution in [3.05, 3.63) is 70.5 Å². The Morgan fingerprint density at radius 3 is 2.33 bits per heavy atom. The summed E-state index contributed by atoms with van der Waals surface area (Å²) < 4.78 is 24.1. The minimum absolute atomic E-state index is 0.0478. The molecular formula is C26H30FNO5. The highest BCUT2D eigenvalue weighted by Crippen LogP contribution is 2.41. The van der Waals surface area contributed by atoms with E-state index in [4.69, 9.17) is 9.47 Å². The maximum Gasteiger partial charge on any atom is 0.295 e. The number of amides is 1. The summed E-state index contributed by atoms with van der Waals surface area (Å²) in [6, 6.07) is 10.1. The fourth-order valence-electron chi connectivity index (χ4n) is 3.99. The summed E-state index contributed by atoms with van der Waals surface area (Å²) in [6.45, 7) is 6.75. The monoisotopic (exact) mass is 455 g/mol. The number of Topliss-reactive ketones (excluding diaryl/α,β-unsaturated/α-hetero) is 1. The van der Waals surface area contributed by atoms with Crippen molar-refractivity contribution >= 4 is 17.4 Å². The minimum Gasteiger partial charge on any atom is -0.507 e. The van der Waals surface area contributed by atoms with Crippen molar-refractivity contribution in [2.75, 3.05) is 27.4 Å². The van der Waals surface area contributed by atoms with Crippen molar-refractivity contribution in [2.45, 2.75) is 38.6 Å². The molecule has 0 aromatic heterocycles. The molecule has 1 unspecified atom stereocenters. The second-order valence-electron chi connectivity index (χ2n) is 9.06. The summed E-state index contributed by atoms with van der Waals surface area (Å²) in [5, 5.41) is 11.4. The third-order valence-electron chi connectivity index (χ3n) is 5.79. The topological polar surface area (TPSA) is 76.1 Å². The van der Waals surface area contributed by atoms with Crippen LogP contribution in [0.2, 0.25) is 0 Å². The van der Waals surface area contributed by atoms with E-state index in [1.807, 2.05) is 26.8 Å². The maximum atomic E-state index is 13.6. The Morgan fingerprint density at radius 1 is 1.09 bits per heavy atom.